The van der Waals surface area contributed by atoms with Crippen LogP contribution in [0.2, 0.25) is 5.02 Å². The van der Waals surface area contributed by atoms with Gasteiger partial charge in [-0.05, 0) is 55.2 Å². The maximum Gasteiger partial charge on any atom is 0.252 e. The van der Waals surface area contributed by atoms with Gasteiger partial charge < -0.3 is 4.90 Å². The topological polar surface area (TPSA) is 57.7 Å². The minimum absolute atomic E-state index is 0.0885. The lowest BCUT2D eigenvalue weighted by atomic mass is 9.96. The van der Waals surface area contributed by atoms with Gasteiger partial charge in [-0.25, -0.2) is 8.42 Å². The minimum Gasteiger partial charge on any atom is -0.339 e. The summed E-state index contributed by atoms with van der Waals surface area (Å²) >= 11 is 7.54. The Morgan fingerprint density at radius 1 is 1.10 bits per heavy atom. The van der Waals surface area contributed by atoms with Gasteiger partial charge in [-0.15, -0.1) is 11.3 Å². The smallest absolute Gasteiger partial charge is 0.252 e. The van der Waals surface area contributed by atoms with E-state index in [9.17, 15) is 13.2 Å². The maximum atomic E-state index is 13.3. The van der Waals surface area contributed by atoms with Gasteiger partial charge in [0.05, 0.1) is 5.92 Å². The molecular formula is C21H25ClN2O3S2. The largest absolute Gasteiger partial charge is 0.339 e. The highest BCUT2D eigenvalue weighted by molar-refractivity contribution is 7.91. The number of carbonyl (C=O) groups is 1. The summed E-state index contributed by atoms with van der Waals surface area (Å²) in [7, 11) is -3.51. The summed E-state index contributed by atoms with van der Waals surface area (Å²) in [4.78, 5) is 15.3. The molecule has 2 unspecified atom stereocenters. The average molecular weight is 453 g/mol. The molecule has 1 aromatic heterocycles. The molecule has 1 aromatic carbocycles. The normalized spacial score (nSPS) is 23.4. The van der Waals surface area contributed by atoms with Crippen LogP contribution in [-0.2, 0) is 21.2 Å². The van der Waals surface area contributed by atoms with Crippen LogP contribution in [0.1, 0.15) is 31.2 Å². The van der Waals surface area contributed by atoms with Gasteiger partial charge in [0.15, 0.2) is 0 Å². The summed E-state index contributed by atoms with van der Waals surface area (Å²) in [5, 5.41) is 2.50. The first-order valence-corrected chi connectivity index (χ1v) is 12.7. The van der Waals surface area contributed by atoms with E-state index in [2.05, 4.69) is 0 Å². The number of hydrogen-bond donors (Lipinski definition) is 0. The third kappa shape index (κ3) is 4.38. The SMILES string of the molecule is O=C(C1CCCN(S(=O)(=O)c2cccs2)C1)N1CCCC1Cc1ccccc1Cl. The number of rotatable bonds is 5. The van der Waals surface area contributed by atoms with Crippen molar-refractivity contribution in [2.24, 2.45) is 5.92 Å². The Hall–Kier alpha value is -1.41. The lowest BCUT2D eigenvalue weighted by molar-refractivity contribution is -0.137. The molecule has 0 radical (unpaired) electrons. The standard InChI is InChI=1S/C21H25ClN2O3S2/c22-19-9-2-1-6-16(19)14-18-8-4-12-24(18)21(25)17-7-3-11-23(15-17)29(26,27)20-10-5-13-28-20/h1-2,5-6,9-10,13,17-18H,3-4,7-8,11-12,14-15H2. The zero-order chi connectivity index (χ0) is 20.4. The number of thiophene rings is 1. The highest BCUT2D eigenvalue weighted by atomic mass is 35.5. The number of carbonyl (C=O) groups excluding carboxylic acids is 1. The average Bonchev–Trinajstić information content (AvgIpc) is 3.42. The van der Waals surface area contributed by atoms with Crippen molar-refractivity contribution in [1.82, 2.24) is 9.21 Å². The molecule has 3 heterocycles. The third-order valence-corrected chi connectivity index (χ3v) is 9.50. The Labute approximate surface area is 181 Å². The molecule has 2 atom stereocenters. The Balaban J connectivity index is 1.46. The lowest BCUT2D eigenvalue weighted by Crippen LogP contribution is -2.48. The number of piperidine rings is 1. The van der Waals surface area contributed by atoms with Gasteiger partial charge in [-0.2, -0.15) is 4.31 Å². The van der Waals surface area contributed by atoms with Crippen molar-refractivity contribution in [3.63, 3.8) is 0 Å². The summed E-state index contributed by atoms with van der Waals surface area (Å²) in [6.07, 6.45) is 4.13. The van der Waals surface area contributed by atoms with Gasteiger partial charge in [0.2, 0.25) is 5.91 Å². The molecule has 2 aliphatic heterocycles. The Morgan fingerprint density at radius 3 is 2.66 bits per heavy atom. The van der Waals surface area contributed by atoms with Gasteiger partial charge in [-0.3, -0.25) is 4.79 Å². The molecule has 0 spiro atoms. The fourth-order valence-electron chi connectivity index (χ4n) is 4.39. The molecule has 29 heavy (non-hydrogen) atoms. The molecular weight excluding hydrogens is 428 g/mol. The molecule has 2 saturated heterocycles. The Morgan fingerprint density at radius 2 is 1.90 bits per heavy atom. The van der Waals surface area contributed by atoms with Crippen LogP contribution in [0, 0.1) is 5.92 Å². The van der Waals surface area contributed by atoms with Crippen LogP contribution in [0.4, 0.5) is 0 Å². The zero-order valence-corrected chi connectivity index (χ0v) is 18.6. The molecule has 0 saturated carbocycles. The second-order valence-corrected chi connectivity index (χ2v) is 11.3. The van der Waals surface area contributed by atoms with Gasteiger partial charge in [0, 0.05) is 30.7 Å². The number of benzene rings is 1. The molecule has 8 heteroatoms. The van der Waals surface area contributed by atoms with Gasteiger partial charge in [0.1, 0.15) is 4.21 Å². The third-order valence-electron chi connectivity index (χ3n) is 5.90. The van der Waals surface area contributed by atoms with E-state index in [-0.39, 0.29) is 24.4 Å². The molecule has 156 valence electrons. The molecule has 4 rings (SSSR count). The number of hydrogen-bond acceptors (Lipinski definition) is 4. The Bertz CT molecular complexity index is 962. The van der Waals surface area contributed by atoms with E-state index in [1.165, 1.54) is 15.6 Å². The van der Waals surface area contributed by atoms with E-state index in [1.807, 2.05) is 29.2 Å². The predicted molar refractivity (Wildman–Crippen MR) is 116 cm³/mol. The highest BCUT2D eigenvalue weighted by Gasteiger charge is 2.38. The maximum absolute atomic E-state index is 13.3. The van der Waals surface area contributed by atoms with E-state index in [0.29, 0.717) is 17.2 Å². The van der Waals surface area contributed by atoms with Crippen LogP contribution >= 0.6 is 22.9 Å². The van der Waals surface area contributed by atoms with Crippen molar-refractivity contribution in [1.29, 1.82) is 0 Å². The van der Waals surface area contributed by atoms with E-state index in [1.54, 1.807) is 17.5 Å². The first-order valence-electron chi connectivity index (χ1n) is 10.0. The molecule has 1 amide bonds. The molecule has 2 fully saturated rings. The number of halogens is 1. The molecule has 2 aliphatic rings. The molecule has 2 aromatic rings. The summed E-state index contributed by atoms with van der Waals surface area (Å²) in [5.74, 6) is -0.184. The van der Waals surface area contributed by atoms with E-state index >= 15 is 0 Å². The molecule has 0 bridgehead atoms. The first-order chi connectivity index (χ1) is 14.0. The van der Waals surface area contributed by atoms with Crippen LogP contribution in [0.5, 0.6) is 0 Å². The molecule has 0 N–H and O–H groups in total. The monoisotopic (exact) mass is 452 g/mol. The number of likely N-dealkylation sites (tertiary alicyclic amines) is 1. The van der Waals surface area contributed by atoms with Crippen molar-refractivity contribution < 1.29 is 13.2 Å². The first kappa shape index (κ1) is 20.8. The molecule has 0 aliphatic carbocycles. The van der Waals surface area contributed by atoms with Gasteiger partial charge in [-0.1, -0.05) is 35.9 Å². The summed E-state index contributed by atoms with van der Waals surface area (Å²) in [5.41, 5.74) is 1.06. The molecule has 5 nitrogen and oxygen atoms in total. The van der Waals surface area contributed by atoms with Crippen molar-refractivity contribution >= 4 is 38.9 Å². The Kier molecular flexibility index (Phi) is 6.30. The van der Waals surface area contributed by atoms with Crippen molar-refractivity contribution in [2.75, 3.05) is 19.6 Å². The minimum atomic E-state index is -3.51. The number of amides is 1. The van der Waals surface area contributed by atoms with Crippen molar-refractivity contribution in [2.45, 2.75) is 42.4 Å². The highest BCUT2D eigenvalue weighted by Crippen LogP contribution is 2.30. The lowest BCUT2D eigenvalue weighted by Gasteiger charge is -2.35. The number of nitrogens with zero attached hydrogens (tertiary/aromatic N) is 2. The van der Waals surface area contributed by atoms with Gasteiger partial charge >= 0.3 is 0 Å². The summed E-state index contributed by atoms with van der Waals surface area (Å²) in [6.45, 7) is 1.49. The van der Waals surface area contributed by atoms with Crippen LogP contribution in [0.3, 0.4) is 0 Å². The van der Waals surface area contributed by atoms with E-state index < -0.39 is 10.0 Å². The van der Waals surface area contributed by atoms with Crippen molar-refractivity contribution in [3.05, 3.63) is 52.4 Å². The van der Waals surface area contributed by atoms with Crippen LogP contribution in [-0.4, -0.2) is 49.2 Å². The summed E-state index contributed by atoms with van der Waals surface area (Å²) in [6, 6.07) is 11.3. The fourth-order valence-corrected chi connectivity index (χ4v) is 7.27. The zero-order valence-electron chi connectivity index (χ0n) is 16.2. The van der Waals surface area contributed by atoms with E-state index in [0.717, 1.165) is 42.8 Å². The fraction of sp³-hybridized carbons (Fsp3) is 0.476. The van der Waals surface area contributed by atoms with Crippen LogP contribution < -0.4 is 0 Å². The quantitative estimate of drug-likeness (QED) is 0.688. The second-order valence-electron chi connectivity index (χ2n) is 7.76. The predicted octanol–water partition coefficient (Wildman–Crippen LogP) is 4.04. The number of sulfonamides is 1. The van der Waals surface area contributed by atoms with E-state index in [4.69, 9.17) is 11.6 Å². The van der Waals surface area contributed by atoms with Gasteiger partial charge in [0.25, 0.3) is 10.0 Å². The second kappa shape index (κ2) is 8.76. The van der Waals surface area contributed by atoms with Crippen LogP contribution in [0.25, 0.3) is 0 Å². The summed E-state index contributed by atoms with van der Waals surface area (Å²) < 4.78 is 27.6. The van der Waals surface area contributed by atoms with Crippen LogP contribution in [0.15, 0.2) is 46.0 Å². The van der Waals surface area contributed by atoms with Crippen molar-refractivity contribution in [3.8, 4) is 0 Å².